The molecular weight excluding hydrogens is 199 g/mol. The molecule has 0 aliphatic rings. The van der Waals surface area contributed by atoms with E-state index in [1.807, 2.05) is 0 Å². The Bertz CT molecular complexity index is 114. The summed E-state index contributed by atoms with van der Waals surface area (Å²) in [6.07, 6.45) is 0. The van der Waals surface area contributed by atoms with Crippen molar-refractivity contribution in [3.05, 3.63) is 11.4 Å². The fourth-order valence-electron chi connectivity index (χ4n) is 0.396. The number of hydrogen-bond donors (Lipinski definition) is 0. The van der Waals surface area contributed by atoms with E-state index in [2.05, 4.69) is 37.6 Å². The fraction of sp³-hybridized carbons (Fsp3) is 0.667. The predicted octanol–water partition coefficient (Wildman–Crippen LogP) is 3.51. The van der Waals surface area contributed by atoms with Crippen LogP contribution in [0.25, 0.3) is 0 Å². The molecule has 10 heavy (non-hydrogen) atoms. The van der Waals surface area contributed by atoms with Crippen molar-refractivity contribution in [2.75, 3.05) is 0 Å². The zero-order valence-corrected chi connectivity index (χ0v) is 10.4. The third-order valence-electron chi connectivity index (χ3n) is 0.876. The first-order chi connectivity index (χ1) is 4.21. The van der Waals surface area contributed by atoms with Crippen molar-refractivity contribution in [2.24, 2.45) is 0 Å². The van der Waals surface area contributed by atoms with Gasteiger partial charge in [-0.1, -0.05) is 37.6 Å². The molecule has 0 atom stereocenters. The van der Waals surface area contributed by atoms with E-state index in [9.17, 15) is 0 Å². The van der Waals surface area contributed by atoms with Crippen molar-refractivity contribution in [1.29, 1.82) is 0 Å². The molecule has 0 aromatic rings. The second-order valence-corrected chi connectivity index (χ2v) is 16.2. The smallest absolute Gasteiger partial charge is 0.162 e. The van der Waals surface area contributed by atoms with Crippen LogP contribution < -0.4 is 0 Å². The summed E-state index contributed by atoms with van der Waals surface area (Å²) in [4.78, 5) is 0. The highest BCUT2D eigenvalue weighted by Gasteiger charge is 2.16. The SMILES string of the molecule is C[Si](C)(Cl)/C=C/[Si](C)(C)Cl. The van der Waals surface area contributed by atoms with Crippen molar-refractivity contribution < 1.29 is 0 Å². The monoisotopic (exact) mass is 212 g/mol. The maximum atomic E-state index is 6.05. The largest absolute Gasteiger partial charge is 0.173 e. The quantitative estimate of drug-likeness (QED) is 0.486. The zero-order valence-electron chi connectivity index (χ0n) is 6.91. The third kappa shape index (κ3) is 8.75. The Balaban J connectivity index is 4.01. The molecule has 0 unspecified atom stereocenters. The highest BCUT2D eigenvalue weighted by Crippen LogP contribution is 2.14. The van der Waals surface area contributed by atoms with Gasteiger partial charge in [-0.3, -0.25) is 0 Å². The summed E-state index contributed by atoms with van der Waals surface area (Å²) in [5, 5.41) is 0. The summed E-state index contributed by atoms with van der Waals surface area (Å²) in [5.41, 5.74) is 4.21. The third-order valence-corrected chi connectivity index (χ3v) is 3.88. The zero-order chi connectivity index (χ0) is 8.41. The minimum Gasteiger partial charge on any atom is -0.162 e. The van der Waals surface area contributed by atoms with Crippen LogP contribution >= 0.6 is 22.2 Å². The van der Waals surface area contributed by atoms with E-state index in [1.165, 1.54) is 0 Å². The average molecular weight is 213 g/mol. The van der Waals surface area contributed by atoms with Crippen molar-refractivity contribution in [3.8, 4) is 0 Å². The van der Waals surface area contributed by atoms with Crippen LogP contribution in [0.1, 0.15) is 0 Å². The van der Waals surface area contributed by atoms with E-state index in [4.69, 9.17) is 22.2 Å². The second-order valence-electron chi connectivity index (χ2n) is 3.46. The van der Waals surface area contributed by atoms with Crippen LogP contribution in [0.2, 0.25) is 26.2 Å². The first kappa shape index (κ1) is 10.8. The molecule has 0 aliphatic carbocycles. The van der Waals surface area contributed by atoms with Crippen molar-refractivity contribution in [1.82, 2.24) is 0 Å². The van der Waals surface area contributed by atoms with E-state index in [0.717, 1.165) is 0 Å². The minimum absolute atomic E-state index is 1.53. The lowest BCUT2D eigenvalue weighted by Gasteiger charge is -2.09. The molecule has 0 saturated carbocycles. The maximum Gasteiger partial charge on any atom is 0.173 e. The van der Waals surface area contributed by atoms with Gasteiger partial charge in [0.25, 0.3) is 0 Å². The molecule has 60 valence electrons. The Kier molecular flexibility index (Phi) is 3.69. The molecule has 0 spiro atoms. The molecule has 0 saturated heterocycles. The van der Waals surface area contributed by atoms with Crippen LogP contribution in [0.3, 0.4) is 0 Å². The standard InChI is InChI=1S/C6H14Cl2Si2/c1-9(2,7)5-6-10(3,4)8/h5-6H,1-4H3/b6-5+. The number of halogens is 2. The molecule has 0 aromatic heterocycles. The van der Waals surface area contributed by atoms with Gasteiger partial charge in [-0.2, -0.15) is 22.2 Å². The molecule has 0 N–H and O–H groups in total. The second kappa shape index (κ2) is 3.43. The lowest BCUT2D eigenvalue weighted by Crippen LogP contribution is -2.18. The van der Waals surface area contributed by atoms with Gasteiger partial charge in [0.05, 0.1) is 0 Å². The topological polar surface area (TPSA) is 0 Å². The summed E-state index contributed by atoms with van der Waals surface area (Å²) in [7, 11) is -3.05. The lowest BCUT2D eigenvalue weighted by atomic mass is 11.2. The van der Waals surface area contributed by atoms with E-state index < -0.39 is 14.8 Å². The number of rotatable bonds is 2. The van der Waals surface area contributed by atoms with Gasteiger partial charge in [-0.15, -0.1) is 0 Å². The summed E-state index contributed by atoms with van der Waals surface area (Å²) < 4.78 is 0. The summed E-state index contributed by atoms with van der Waals surface area (Å²) in [6, 6.07) is 0. The Morgan fingerprint density at radius 3 is 1.10 bits per heavy atom. The van der Waals surface area contributed by atoms with E-state index in [-0.39, 0.29) is 0 Å². The summed E-state index contributed by atoms with van der Waals surface area (Å²) >= 11 is 12.1. The fourth-order valence-corrected chi connectivity index (χ4v) is 4.70. The van der Waals surface area contributed by atoms with Crippen LogP contribution in [0.5, 0.6) is 0 Å². The van der Waals surface area contributed by atoms with Gasteiger partial charge in [-0.25, -0.2) is 0 Å². The van der Waals surface area contributed by atoms with E-state index in [1.54, 1.807) is 0 Å². The van der Waals surface area contributed by atoms with Crippen molar-refractivity contribution in [3.63, 3.8) is 0 Å². The molecule has 0 aliphatic heterocycles. The molecule has 0 aromatic carbocycles. The molecule has 0 amide bonds. The van der Waals surface area contributed by atoms with Gasteiger partial charge in [0, 0.05) is 0 Å². The maximum absolute atomic E-state index is 6.05. The van der Waals surface area contributed by atoms with Crippen LogP contribution in [-0.4, -0.2) is 14.8 Å². The van der Waals surface area contributed by atoms with Gasteiger partial charge < -0.3 is 0 Å². The van der Waals surface area contributed by atoms with Gasteiger partial charge in [0.2, 0.25) is 0 Å². The van der Waals surface area contributed by atoms with Crippen LogP contribution in [0.4, 0.5) is 0 Å². The Morgan fingerprint density at radius 2 is 1.00 bits per heavy atom. The molecule has 0 radical (unpaired) electrons. The molecule has 0 rings (SSSR count). The van der Waals surface area contributed by atoms with Crippen LogP contribution in [0, 0.1) is 0 Å². The molecule has 0 heterocycles. The Hall–Kier alpha value is 0.754. The van der Waals surface area contributed by atoms with Crippen molar-refractivity contribution >= 4 is 36.9 Å². The van der Waals surface area contributed by atoms with Gasteiger partial charge in [0.15, 0.2) is 14.8 Å². The Labute approximate surface area is 74.7 Å². The summed E-state index contributed by atoms with van der Waals surface area (Å²) in [5.74, 6) is 0. The molecular formula is C6H14Cl2Si2. The molecule has 0 nitrogen and oxygen atoms in total. The average Bonchev–Trinajstić information content (AvgIpc) is 1.57. The van der Waals surface area contributed by atoms with Crippen molar-refractivity contribution in [2.45, 2.75) is 26.2 Å². The molecule has 0 fully saturated rings. The number of hydrogen-bond acceptors (Lipinski definition) is 0. The van der Waals surface area contributed by atoms with E-state index in [0.29, 0.717) is 0 Å². The van der Waals surface area contributed by atoms with Gasteiger partial charge in [-0.05, 0) is 0 Å². The molecule has 4 heteroatoms. The van der Waals surface area contributed by atoms with E-state index >= 15 is 0 Å². The van der Waals surface area contributed by atoms with Crippen LogP contribution in [-0.2, 0) is 0 Å². The highest BCUT2D eigenvalue weighted by molar-refractivity contribution is 7.25. The lowest BCUT2D eigenvalue weighted by molar-refractivity contribution is 1.90. The minimum atomic E-state index is -1.53. The first-order valence-electron chi connectivity index (χ1n) is 3.29. The van der Waals surface area contributed by atoms with Gasteiger partial charge >= 0.3 is 0 Å². The highest BCUT2D eigenvalue weighted by atomic mass is 35.6. The predicted molar refractivity (Wildman–Crippen MR) is 55.8 cm³/mol. The normalized spacial score (nSPS) is 14.6. The molecule has 0 bridgehead atoms. The first-order valence-corrected chi connectivity index (χ1v) is 11.5. The van der Waals surface area contributed by atoms with Gasteiger partial charge in [0.1, 0.15) is 0 Å². The van der Waals surface area contributed by atoms with Crippen LogP contribution in [0.15, 0.2) is 11.4 Å². The summed E-state index contributed by atoms with van der Waals surface area (Å²) in [6.45, 7) is 8.34. The Morgan fingerprint density at radius 1 is 0.800 bits per heavy atom.